The summed E-state index contributed by atoms with van der Waals surface area (Å²) in [5.74, 6) is -2.32. The summed E-state index contributed by atoms with van der Waals surface area (Å²) in [7, 11) is 0. The van der Waals surface area contributed by atoms with E-state index in [0.29, 0.717) is 4.47 Å². The third-order valence-electron chi connectivity index (χ3n) is 2.87. The highest BCUT2D eigenvalue weighted by Gasteiger charge is 2.18. The summed E-state index contributed by atoms with van der Waals surface area (Å²) in [4.78, 5) is 23.2. The van der Waals surface area contributed by atoms with Crippen LogP contribution in [0.25, 0.3) is 6.08 Å². The van der Waals surface area contributed by atoms with Gasteiger partial charge in [0.2, 0.25) is 0 Å². The highest BCUT2D eigenvalue weighted by Crippen LogP contribution is 2.28. The van der Waals surface area contributed by atoms with E-state index in [0.717, 1.165) is 10.0 Å². The molecule has 0 bridgehead atoms. The molecule has 0 aliphatic rings. The van der Waals surface area contributed by atoms with E-state index in [1.54, 1.807) is 6.08 Å². The third kappa shape index (κ3) is 3.84. The van der Waals surface area contributed by atoms with Gasteiger partial charge in [0, 0.05) is 8.95 Å². The van der Waals surface area contributed by atoms with Crippen LogP contribution in [0.4, 0.5) is 0 Å². The molecule has 112 valence electrons. The van der Waals surface area contributed by atoms with Crippen LogP contribution in [0.2, 0.25) is 0 Å². The first-order chi connectivity index (χ1) is 10.4. The number of aromatic carboxylic acids is 1. The first kappa shape index (κ1) is 16.5. The lowest BCUT2D eigenvalue weighted by molar-refractivity contribution is 0.0693. The van der Waals surface area contributed by atoms with Crippen molar-refractivity contribution >= 4 is 49.7 Å². The fraction of sp³-hybridized carbons (Fsp3) is 0. The summed E-state index contributed by atoms with van der Waals surface area (Å²) in [5, 5.41) is 18.9. The molecule has 0 amide bonds. The number of carboxylic acids is 1. The van der Waals surface area contributed by atoms with Crippen LogP contribution in [-0.2, 0) is 0 Å². The Kier molecular flexibility index (Phi) is 5.15. The van der Waals surface area contributed by atoms with Gasteiger partial charge in [-0.2, -0.15) is 0 Å². The number of halogens is 2. The molecular weight excluding hydrogens is 416 g/mol. The molecule has 0 fully saturated rings. The van der Waals surface area contributed by atoms with E-state index in [1.807, 2.05) is 24.3 Å². The summed E-state index contributed by atoms with van der Waals surface area (Å²) < 4.78 is 1.33. The van der Waals surface area contributed by atoms with Crippen molar-refractivity contribution in [1.82, 2.24) is 0 Å². The van der Waals surface area contributed by atoms with Crippen LogP contribution in [0, 0.1) is 0 Å². The van der Waals surface area contributed by atoms with Crippen LogP contribution in [-0.4, -0.2) is 22.0 Å². The van der Waals surface area contributed by atoms with Crippen LogP contribution >= 0.6 is 31.9 Å². The molecule has 0 saturated heterocycles. The second-order valence-corrected chi connectivity index (χ2v) is 6.24. The van der Waals surface area contributed by atoms with E-state index in [4.69, 9.17) is 5.11 Å². The number of rotatable bonds is 4. The van der Waals surface area contributed by atoms with Crippen molar-refractivity contribution in [2.24, 2.45) is 0 Å². The maximum Gasteiger partial charge on any atom is 0.339 e. The Hall–Kier alpha value is -1.92. The standard InChI is InChI=1S/C16H10Br2O4/c17-10-4-1-9(2-5-10)3-6-14(19)12-7-11(18)8-13(15(12)20)16(21)22/h1-8,20H,(H,21,22)/b6-3+. The van der Waals surface area contributed by atoms with E-state index >= 15 is 0 Å². The van der Waals surface area contributed by atoms with Crippen LogP contribution in [0.3, 0.4) is 0 Å². The van der Waals surface area contributed by atoms with Gasteiger partial charge in [-0.3, -0.25) is 4.79 Å². The van der Waals surface area contributed by atoms with Crippen LogP contribution in [0.15, 0.2) is 51.4 Å². The molecule has 22 heavy (non-hydrogen) atoms. The number of phenols is 1. The molecular formula is C16H10Br2O4. The lowest BCUT2D eigenvalue weighted by atomic mass is 10.0. The molecule has 6 heteroatoms. The number of carbonyl (C=O) groups excluding carboxylic acids is 1. The summed E-state index contributed by atoms with van der Waals surface area (Å²) in [6, 6.07) is 9.93. The number of aromatic hydroxyl groups is 1. The van der Waals surface area contributed by atoms with Crippen molar-refractivity contribution < 1.29 is 19.8 Å². The fourth-order valence-corrected chi connectivity index (χ4v) is 2.51. The van der Waals surface area contributed by atoms with Crippen molar-refractivity contribution in [3.63, 3.8) is 0 Å². The molecule has 2 aromatic rings. The molecule has 0 heterocycles. The average molecular weight is 426 g/mol. The fourth-order valence-electron chi connectivity index (χ4n) is 1.79. The minimum Gasteiger partial charge on any atom is -0.506 e. The SMILES string of the molecule is O=C(O)c1cc(Br)cc(C(=O)/C=C/c2ccc(Br)cc2)c1O. The topological polar surface area (TPSA) is 74.6 Å². The molecule has 0 aliphatic carbocycles. The zero-order valence-corrected chi connectivity index (χ0v) is 14.3. The Morgan fingerprint density at radius 2 is 1.55 bits per heavy atom. The average Bonchev–Trinajstić information content (AvgIpc) is 2.48. The van der Waals surface area contributed by atoms with E-state index in [9.17, 15) is 14.7 Å². The number of carbonyl (C=O) groups is 2. The first-order valence-corrected chi connectivity index (χ1v) is 7.71. The highest BCUT2D eigenvalue weighted by atomic mass is 79.9. The number of benzene rings is 2. The second kappa shape index (κ2) is 6.89. The minimum absolute atomic E-state index is 0.0693. The van der Waals surface area contributed by atoms with E-state index in [2.05, 4.69) is 31.9 Å². The van der Waals surface area contributed by atoms with Gasteiger partial charge < -0.3 is 10.2 Å². The van der Waals surface area contributed by atoms with Crippen LogP contribution in [0.5, 0.6) is 5.75 Å². The predicted molar refractivity (Wildman–Crippen MR) is 90.3 cm³/mol. The van der Waals surface area contributed by atoms with E-state index < -0.39 is 17.5 Å². The monoisotopic (exact) mass is 424 g/mol. The Morgan fingerprint density at radius 1 is 0.955 bits per heavy atom. The second-order valence-electron chi connectivity index (χ2n) is 4.40. The molecule has 0 unspecified atom stereocenters. The number of ketones is 1. The summed E-state index contributed by atoms with van der Waals surface area (Å²) in [5.41, 5.74) is 0.416. The highest BCUT2D eigenvalue weighted by molar-refractivity contribution is 9.10. The predicted octanol–water partition coefficient (Wildman–Crippen LogP) is 4.51. The number of allylic oxidation sites excluding steroid dienone is 1. The Labute approximate surface area is 143 Å². The van der Waals surface area contributed by atoms with Gasteiger partial charge in [0.25, 0.3) is 0 Å². The van der Waals surface area contributed by atoms with Gasteiger partial charge in [-0.15, -0.1) is 0 Å². The lowest BCUT2D eigenvalue weighted by Gasteiger charge is -2.05. The van der Waals surface area contributed by atoms with Gasteiger partial charge in [0.15, 0.2) is 5.78 Å². The maximum absolute atomic E-state index is 12.2. The van der Waals surface area contributed by atoms with E-state index in [-0.39, 0.29) is 11.1 Å². The normalized spacial score (nSPS) is 10.8. The summed E-state index contributed by atoms with van der Waals surface area (Å²) >= 11 is 6.45. The molecule has 0 saturated carbocycles. The molecule has 4 nitrogen and oxygen atoms in total. The van der Waals surface area contributed by atoms with Crippen molar-refractivity contribution in [3.8, 4) is 5.75 Å². The van der Waals surface area contributed by atoms with Crippen molar-refractivity contribution in [3.05, 3.63) is 68.1 Å². The molecule has 0 atom stereocenters. The zero-order chi connectivity index (χ0) is 16.3. The number of hydrogen-bond acceptors (Lipinski definition) is 3. The van der Waals surface area contributed by atoms with Crippen LogP contribution in [0.1, 0.15) is 26.3 Å². The lowest BCUT2D eigenvalue weighted by Crippen LogP contribution is -2.03. The first-order valence-electron chi connectivity index (χ1n) is 6.12. The van der Waals surface area contributed by atoms with Gasteiger partial charge in [-0.05, 0) is 35.9 Å². The minimum atomic E-state index is -1.30. The largest absolute Gasteiger partial charge is 0.506 e. The van der Waals surface area contributed by atoms with Gasteiger partial charge in [0.05, 0.1) is 5.56 Å². The van der Waals surface area contributed by atoms with Gasteiger partial charge in [-0.25, -0.2) is 4.79 Å². The maximum atomic E-state index is 12.2. The third-order valence-corrected chi connectivity index (χ3v) is 3.85. The Bertz CT molecular complexity index is 764. The molecule has 0 radical (unpaired) electrons. The zero-order valence-electron chi connectivity index (χ0n) is 11.1. The number of hydrogen-bond donors (Lipinski definition) is 2. The smallest absolute Gasteiger partial charge is 0.339 e. The molecule has 2 rings (SSSR count). The quantitative estimate of drug-likeness (QED) is 0.558. The van der Waals surface area contributed by atoms with Crippen molar-refractivity contribution in [2.75, 3.05) is 0 Å². The Morgan fingerprint density at radius 3 is 2.14 bits per heavy atom. The van der Waals surface area contributed by atoms with E-state index in [1.165, 1.54) is 18.2 Å². The van der Waals surface area contributed by atoms with Gasteiger partial charge in [-0.1, -0.05) is 50.1 Å². The molecule has 0 spiro atoms. The summed E-state index contributed by atoms with van der Waals surface area (Å²) in [6.45, 7) is 0. The van der Waals surface area contributed by atoms with Gasteiger partial charge >= 0.3 is 5.97 Å². The van der Waals surface area contributed by atoms with Crippen LogP contribution < -0.4 is 0 Å². The number of carboxylic acid groups (broad SMARTS) is 1. The molecule has 2 aromatic carbocycles. The Balaban J connectivity index is 2.33. The van der Waals surface area contributed by atoms with Gasteiger partial charge in [0.1, 0.15) is 11.3 Å². The van der Waals surface area contributed by atoms with Crippen molar-refractivity contribution in [2.45, 2.75) is 0 Å². The van der Waals surface area contributed by atoms with Crippen molar-refractivity contribution in [1.29, 1.82) is 0 Å². The molecule has 0 aliphatic heterocycles. The summed E-state index contributed by atoms with van der Waals surface area (Å²) in [6.07, 6.45) is 2.88. The molecule has 2 N–H and O–H groups in total. The molecule has 0 aromatic heterocycles.